The average Bonchev–Trinajstić information content (AvgIpc) is 3.35. The molecule has 1 aliphatic carbocycles. The van der Waals surface area contributed by atoms with E-state index in [1.54, 1.807) is 12.1 Å². The molecule has 2 aromatic rings. The fraction of sp³-hybridized carbons (Fsp3) is 0.409. The molecule has 5 rings (SSSR count). The van der Waals surface area contributed by atoms with Crippen LogP contribution in [-0.2, 0) is 6.42 Å². The molecule has 27 heavy (non-hydrogen) atoms. The van der Waals surface area contributed by atoms with Crippen molar-refractivity contribution in [3.63, 3.8) is 0 Å². The van der Waals surface area contributed by atoms with Crippen LogP contribution in [0.1, 0.15) is 27.6 Å². The quantitative estimate of drug-likeness (QED) is 0.872. The van der Waals surface area contributed by atoms with Crippen LogP contribution in [0, 0.1) is 11.8 Å². The number of nitrogens with zero attached hydrogens (tertiary/aromatic N) is 1. The second-order valence-electron chi connectivity index (χ2n) is 8.03. The Balaban J connectivity index is 1.43. The third-order valence-corrected chi connectivity index (χ3v) is 6.41. The van der Waals surface area contributed by atoms with Gasteiger partial charge in [-0.15, -0.1) is 0 Å². The second kappa shape index (κ2) is 6.66. The fourth-order valence-corrected chi connectivity index (χ4v) is 5.03. The van der Waals surface area contributed by atoms with Crippen molar-refractivity contribution in [1.82, 2.24) is 10.2 Å². The summed E-state index contributed by atoms with van der Waals surface area (Å²) in [6.07, 6.45) is 1.000. The number of fused-ring (bicyclic) bond motifs is 2. The summed E-state index contributed by atoms with van der Waals surface area (Å²) in [7, 11) is 0. The van der Waals surface area contributed by atoms with Crippen molar-refractivity contribution in [3.8, 4) is 5.75 Å². The molecule has 4 unspecified atom stereocenters. The lowest BCUT2D eigenvalue weighted by Crippen LogP contribution is -2.40. The summed E-state index contributed by atoms with van der Waals surface area (Å²) < 4.78 is 6.47. The molecule has 0 spiro atoms. The highest BCUT2D eigenvalue weighted by Crippen LogP contribution is 2.41. The lowest BCUT2D eigenvalue weighted by atomic mass is 10.0. The third-order valence-electron chi connectivity index (χ3n) is 6.41. The summed E-state index contributed by atoms with van der Waals surface area (Å²) in [6.45, 7) is 4.54. The largest absolute Gasteiger partial charge is 0.484 e. The molecule has 0 aromatic heterocycles. The van der Waals surface area contributed by atoms with Crippen molar-refractivity contribution in [2.24, 2.45) is 17.6 Å². The zero-order chi connectivity index (χ0) is 18.4. The monoisotopic (exact) mass is 363 g/mol. The molecule has 2 fully saturated rings. The van der Waals surface area contributed by atoms with Gasteiger partial charge in [-0.2, -0.15) is 0 Å². The Morgan fingerprint density at radius 1 is 1.07 bits per heavy atom. The van der Waals surface area contributed by atoms with Crippen LogP contribution in [0.25, 0.3) is 0 Å². The SMILES string of the molecule is NC(=O)c1cccc(OC2c3ccccc3CC2N2CC3CNCC3C2)c1. The number of nitrogens with one attached hydrogen (secondary N) is 1. The molecule has 3 N–H and O–H groups in total. The average molecular weight is 363 g/mol. The number of rotatable bonds is 4. The summed E-state index contributed by atoms with van der Waals surface area (Å²) in [5.41, 5.74) is 8.56. The van der Waals surface area contributed by atoms with Gasteiger partial charge in [-0.25, -0.2) is 0 Å². The van der Waals surface area contributed by atoms with Crippen molar-refractivity contribution in [3.05, 3.63) is 65.2 Å². The number of ether oxygens (including phenoxy) is 1. The van der Waals surface area contributed by atoms with Crippen LogP contribution >= 0.6 is 0 Å². The molecule has 3 aliphatic rings. The minimum absolute atomic E-state index is 0.0175. The number of benzene rings is 2. The lowest BCUT2D eigenvalue weighted by molar-refractivity contribution is 0.0886. The molecular weight excluding hydrogens is 338 g/mol. The number of hydrogen-bond acceptors (Lipinski definition) is 4. The zero-order valence-electron chi connectivity index (χ0n) is 15.3. The third kappa shape index (κ3) is 3.01. The molecule has 2 saturated heterocycles. The molecule has 140 valence electrons. The molecular formula is C22H25N3O2. The van der Waals surface area contributed by atoms with Gasteiger partial charge in [0.2, 0.25) is 5.91 Å². The van der Waals surface area contributed by atoms with Crippen LogP contribution < -0.4 is 15.8 Å². The summed E-state index contributed by atoms with van der Waals surface area (Å²) >= 11 is 0. The van der Waals surface area contributed by atoms with E-state index in [0.29, 0.717) is 17.4 Å². The standard InChI is InChI=1S/C22H25N3O2/c23-22(26)15-5-3-6-18(8-15)27-21-19-7-2-1-4-14(19)9-20(21)25-12-16-10-24-11-17(16)13-25/h1-8,16-17,20-21,24H,9-13H2,(H2,23,26). The predicted molar refractivity (Wildman–Crippen MR) is 104 cm³/mol. The Kier molecular flexibility index (Phi) is 4.14. The van der Waals surface area contributed by atoms with Crippen molar-refractivity contribution in [2.75, 3.05) is 26.2 Å². The molecule has 0 bridgehead atoms. The van der Waals surface area contributed by atoms with Crippen molar-refractivity contribution in [1.29, 1.82) is 0 Å². The van der Waals surface area contributed by atoms with Crippen LogP contribution in [0.2, 0.25) is 0 Å². The first-order valence-electron chi connectivity index (χ1n) is 9.78. The van der Waals surface area contributed by atoms with Crippen LogP contribution in [0.15, 0.2) is 48.5 Å². The maximum Gasteiger partial charge on any atom is 0.248 e. The van der Waals surface area contributed by atoms with Crippen LogP contribution in [0.5, 0.6) is 5.75 Å². The number of carbonyl (C=O) groups excluding carboxylic acids is 1. The summed E-state index contributed by atoms with van der Waals surface area (Å²) in [5.74, 6) is 1.79. The number of nitrogens with two attached hydrogens (primary N) is 1. The number of likely N-dealkylation sites (tertiary alicyclic amines) is 1. The Morgan fingerprint density at radius 3 is 2.63 bits per heavy atom. The van der Waals surface area contributed by atoms with E-state index in [1.807, 2.05) is 12.1 Å². The summed E-state index contributed by atoms with van der Waals surface area (Å²) in [6, 6.07) is 16.1. The Hall–Kier alpha value is -2.37. The smallest absolute Gasteiger partial charge is 0.248 e. The van der Waals surface area contributed by atoms with Gasteiger partial charge in [0, 0.05) is 18.7 Å². The second-order valence-corrected chi connectivity index (χ2v) is 8.03. The van der Waals surface area contributed by atoms with Gasteiger partial charge < -0.3 is 15.8 Å². The molecule has 0 radical (unpaired) electrons. The van der Waals surface area contributed by atoms with E-state index in [4.69, 9.17) is 10.5 Å². The first-order chi connectivity index (χ1) is 13.2. The molecule has 2 aliphatic heterocycles. The van der Waals surface area contributed by atoms with Gasteiger partial charge in [0.05, 0.1) is 6.04 Å². The first kappa shape index (κ1) is 16.8. The number of amides is 1. The van der Waals surface area contributed by atoms with E-state index in [9.17, 15) is 4.79 Å². The number of primary amides is 1. The Bertz CT molecular complexity index is 856. The molecule has 2 aromatic carbocycles. The van der Waals surface area contributed by atoms with Crippen LogP contribution in [0.3, 0.4) is 0 Å². The van der Waals surface area contributed by atoms with E-state index in [-0.39, 0.29) is 6.10 Å². The molecule has 1 amide bonds. The predicted octanol–water partition coefficient (Wildman–Crippen LogP) is 1.98. The fourth-order valence-electron chi connectivity index (χ4n) is 5.03. The molecule has 2 heterocycles. The van der Waals surface area contributed by atoms with Gasteiger partial charge in [0.15, 0.2) is 0 Å². The van der Waals surface area contributed by atoms with Gasteiger partial charge in [0.25, 0.3) is 0 Å². The highest BCUT2D eigenvalue weighted by molar-refractivity contribution is 5.93. The molecule has 4 atom stereocenters. The Morgan fingerprint density at radius 2 is 1.85 bits per heavy atom. The van der Waals surface area contributed by atoms with E-state index in [0.717, 1.165) is 44.4 Å². The van der Waals surface area contributed by atoms with Crippen molar-refractivity contribution < 1.29 is 9.53 Å². The summed E-state index contributed by atoms with van der Waals surface area (Å²) in [4.78, 5) is 14.2. The maximum atomic E-state index is 11.5. The number of carbonyl (C=O) groups is 1. The molecule has 5 heteroatoms. The van der Waals surface area contributed by atoms with Gasteiger partial charge >= 0.3 is 0 Å². The van der Waals surface area contributed by atoms with E-state index < -0.39 is 5.91 Å². The minimum atomic E-state index is -0.427. The maximum absolute atomic E-state index is 11.5. The number of hydrogen-bond donors (Lipinski definition) is 2. The van der Waals surface area contributed by atoms with Crippen molar-refractivity contribution >= 4 is 5.91 Å². The lowest BCUT2D eigenvalue weighted by Gasteiger charge is -2.31. The molecule has 5 nitrogen and oxygen atoms in total. The minimum Gasteiger partial charge on any atom is -0.484 e. The van der Waals surface area contributed by atoms with E-state index in [1.165, 1.54) is 11.1 Å². The van der Waals surface area contributed by atoms with E-state index >= 15 is 0 Å². The van der Waals surface area contributed by atoms with Gasteiger partial charge in [-0.1, -0.05) is 30.3 Å². The summed E-state index contributed by atoms with van der Waals surface area (Å²) in [5, 5.41) is 3.52. The first-order valence-corrected chi connectivity index (χ1v) is 9.78. The highest BCUT2D eigenvalue weighted by Gasteiger charge is 2.44. The topological polar surface area (TPSA) is 67.6 Å². The van der Waals surface area contributed by atoms with E-state index in [2.05, 4.69) is 34.5 Å². The van der Waals surface area contributed by atoms with Gasteiger partial charge in [-0.05, 0) is 60.7 Å². The van der Waals surface area contributed by atoms with Crippen LogP contribution in [-0.4, -0.2) is 43.0 Å². The van der Waals surface area contributed by atoms with Gasteiger partial charge in [0.1, 0.15) is 11.9 Å². The zero-order valence-corrected chi connectivity index (χ0v) is 15.3. The molecule has 0 saturated carbocycles. The van der Waals surface area contributed by atoms with Crippen LogP contribution in [0.4, 0.5) is 0 Å². The normalized spacial score (nSPS) is 29.5. The Labute approximate surface area is 159 Å². The van der Waals surface area contributed by atoms with Gasteiger partial charge in [-0.3, -0.25) is 9.69 Å². The van der Waals surface area contributed by atoms with Crippen molar-refractivity contribution in [2.45, 2.75) is 18.6 Å². The highest BCUT2D eigenvalue weighted by atomic mass is 16.5.